The Bertz CT molecular complexity index is 693. The maximum Gasteiger partial charge on any atom is 0.340 e. The van der Waals surface area contributed by atoms with Crippen LogP contribution in [0.3, 0.4) is 0 Å². The van der Waals surface area contributed by atoms with Crippen molar-refractivity contribution < 1.29 is 14.3 Å². The molecule has 0 spiro atoms. The molecular formula is C17H19NO3. The Hall–Kier alpha value is -2.49. The molecule has 110 valence electrons. The summed E-state index contributed by atoms with van der Waals surface area (Å²) in [6, 6.07) is 9.27. The molecule has 2 N–H and O–H groups in total. The molecule has 2 rings (SSSR count). The van der Waals surface area contributed by atoms with Gasteiger partial charge >= 0.3 is 5.97 Å². The maximum atomic E-state index is 11.8. The highest BCUT2D eigenvalue weighted by molar-refractivity contribution is 5.96. The summed E-state index contributed by atoms with van der Waals surface area (Å²) in [6.07, 6.45) is 0. The first kappa shape index (κ1) is 14.9. The van der Waals surface area contributed by atoms with Crippen molar-refractivity contribution in [2.75, 3.05) is 12.8 Å². The molecule has 0 saturated heterocycles. The fourth-order valence-corrected chi connectivity index (χ4v) is 2.06. The zero-order valence-corrected chi connectivity index (χ0v) is 12.7. The molecule has 0 aliphatic heterocycles. The van der Waals surface area contributed by atoms with Gasteiger partial charge in [-0.1, -0.05) is 12.1 Å². The van der Waals surface area contributed by atoms with Crippen molar-refractivity contribution in [1.29, 1.82) is 0 Å². The molecule has 21 heavy (non-hydrogen) atoms. The number of esters is 1. The zero-order valence-electron chi connectivity index (χ0n) is 12.7. The second kappa shape index (κ2) is 5.87. The number of methoxy groups -OCH3 is 1. The number of nitrogens with two attached hydrogens (primary N) is 1. The topological polar surface area (TPSA) is 61.5 Å². The molecule has 2 aromatic rings. The number of carbonyl (C=O) groups is 1. The van der Waals surface area contributed by atoms with E-state index in [1.165, 1.54) is 7.11 Å². The first-order valence-corrected chi connectivity index (χ1v) is 6.66. The summed E-state index contributed by atoms with van der Waals surface area (Å²) in [5, 5.41) is 0. The van der Waals surface area contributed by atoms with Gasteiger partial charge in [0.15, 0.2) is 0 Å². The lowest BCUT2D eigenvalue weighted by Crippen LogP contribution is -2.07. The normalized spacial score (nSPS) is 10.3. The molecule has 2 aromatic carbocycles. The van der Waals surface area contributed by atoms with Crippen LogP contribution in [0, 0.1) is 20.8 Å². The van der Waals surface area contributed by atoms with E-state index < -0.39 is 5.97 Å². The predicted octanol–water partition coefficient (Wildman–Crippen LogP) is 3.77. The Balaban J connectivity index is 2.43. The molecular weight excluding hydrogens is 266 g/mol. The summed E-state index contributed by atoms with van der Waals surface area (Å²) in [4.78, 5) is 11.8. The zero-order chi connectivity index (χ0) is 15.6. The molecule has 0 bridgehead atoms. The third-order valence-corrected chi connectivity index (χ3v) is 3.55. The lowest BCUT2D eigenvalue weighted by Gasteiger charge is -2.13. The van der Waals surface area contributed by atoms with E-state index in [0.717, 1.165) is 22.4 Å². The number of aryl methyl sites for hydroxylation is 2. The second-order valence-electron chi connectivity index (χ2n) is 4.99. The SMILES string of the molecule is COC(=O)c1cc(Oc2cccc(C)c2C)cc(C)c1N. The number of benzene rings is 2. The van der Waals surface area contributed by atoms with E-state index in [0.29, 0.717) is 17.0 Å². The van der Waals surface area contributed by atoms with Gasteiger partial charge < -0.3 is 15.2 Å². The van der Waals surface area contributed by atoms with E-state index in [4.69, 9.17) is 15.2 Å². The van der Waals surface area contributed by atoms with Crippen molar-refractivity contribution in [3.63, 3.8) is 0 Å². The van der Waals surface area contributed by atoms with Crippen LogP contribution in [0.15, 0.2) is 30.3 Å². The van der Waals surface area contributed by atoms with E-state index in [9.17, 15) is 4.79 Å². The van der Waals surface area contributed by atoms with Crippen molar-refractivity contribution >= 4 is 11.7 Å². The highest BCUT2D eigenvalue weighted by Crippen LogP contribution is 2.31. The van der Waals surface area contributed by atoms with Crippen LogP contribution in [0.2, 0.25) is 0 Å². The number of carbonyl (C=O) groups excluding carboxylic acids is 1. The minimum absolute atomic E-state index is 0.317. The summed E-state index contributed by atoms with van der Waals surface area (Å²) in [6.45, 7) is 5.85. The number of ether oxygens (including phenoxy) is 2. The van der Waals surface area contributed by atoms with E-state index >= 15 is 0 Å². The third kappa shape index (κ3) is 2.99. The van der Waals surface area contributed by atoms with Crippen LogP contribution in [-0.2, 0) is 4.74 Å². The molecule has 4 nitrogen and oxygen atoms in total. The van der Waals surface area contributed by atoms with Gasteiger partial charge in [-0.25, -0.2) is 4.79 Å². The average Bonchev–Trinajstić information content (AvgIpc) is 2.46. The number of nitrogen functional groups attached to an aromatic ring is 1. The Morgan fingerprint density at radius 3 is 2.48 bits per heavy atom. The standard InChI is InChI=1S/C17H19NO3/c1-10-6-5-7-15(12(10)3)21-13-8-11(2)16(18)14(9-13)17(19)20-4/h5-9H,18H2,1-4H3. The van der Waals surface area contributed by atoms with Gasteiger partial charge in [-0.05, 0) is 55.7 Å². The Morgan fingerprint density at radius 2 is 1.81 bits per heavy atom. The molecule has 0 amide bonds. The van der Waals surface area contributed by atoms with Crippen LogP contribution in [0.4, 0.5) is 5.69 Å². The summed E-state index contributed by atoms with van der Waals surface area (Å²) in [5.74, 6) is 0.854. The Kier molecular flexibility index (Phi) is 4.17. The summed E-state index contributed by atoms with van der Waals surface area (Å²) >= 11 is 0. The second-order valence-corrected chi connectivity index (χ2v) is 4.99. The summed E-state index contributed by atoms with van der Waals surface area (Å²) < 4.78 is 10.6. The highest BCUT2D eigenvalue weighted by Gasteiger charge is 2.15. The van der Waals surface area contributed by atoms with Crippen LogP contribution >= 0.6 is 0 Å². The van der Waals surface area contributed by atoms with Crippen molar-refractivity contribution in [3.05, 3.63) is 52.6 Å². The molecule has 4 heteroatoms. The lowest BCUT2D eigenvalue weighted by atomic mass is 10.1. The van der Waals surface area contributed by atoms with Crippen LogP contribution in [0.5, 0.6) is 11.5 Å². The molecule has 0 saturated carbocycles. The fourth-order valence-electron chi connectivity index (χ4n) is 2.06. The van der Waals surface area contributed by atoms with Gasteiger partial charge in [-0.15, -0.1) is 0 Å². The maximum absolute atomic E-state index is 11.8. The van der Waals surface area contributed by atoms with Crippen molar-refractivity contribution in [1.82, 2.24) is 0 Å². The van der Waals surface area contributed by atoms with E-state index in [1.807, 2.05) is 45.0 Å². The number of rotatable bonds is 3. The molecule has 0 aliphatic carbocycles. The van der Waals surface area contributed by atoms with Gasteiger partial charge in [0.25, 0.3) is 0 Å². The van der Waals surface area contributed by atoms with Crippen LogP contribution < -0.4 is 10.5 Å². The third-order valence-electron chi connectivity index (χ3n) is 3.55. The van der Waals surface area contributed by atoms with Crippen molar-refractivity contribution in [2.45, 2.75) is 20.8 Å². The van der Waals surface area contributed by atoms with E-state index in [2.05, 4.69) is 0 Å². The fraction of sp³-hybridized carbons (Fsp3) is 0.235. The van der Waals surface area contributed by atoms with Gasteiger partial charge in [0.1, 0.15) is 11.5 Å². The molecule has 0 aromatic heterocycles. The Morgan fingerprint density at radius 1 is 1.10 bits per heavy atom. The minimum Gasteiger partial charge on any atom is -0.465 e. The first-order chi connectivity index (χ1) is 9.93. The average molecular weight is 285 g/mol. The Labute approximate surface area is 124 Å². The highest BCUT2D eigenvalue weighted by atomic mass is 16.5. The number of anilines is 1. The molecule has 0 unspecified atom stereocenters. The summed E-state index contributed by atoms with van der Waals surface area (Å²) in [5.41, 5.74) is 9.63. The van der Waals surface area contributed by atoms with Gasteiger partial charge in [-0.3, -0.25) is 0 Å². The molecule has 0 aliphatic rings. The number of hydrogen-bond donors (Lipinski definition) is 1. The molecule has 0 fully saturated rings. The van der Waals surface area contributed by atoms with Gasteiger partial charge in [0.2, 0.25) is 0 Å². The van der Waals surface area contributed by atoms with E-state index in [1.54, 1.807) is 6.07 Å². The van der Waals surface area contributed by atoms with Crippen molar-refractivity contribution in [2.24, 2.45) is 0 Å². The largest absolute Gasteiger partial charge is 0.465 e. The first-order valence-electron chi connectivity index (χ1n) is 6.66. The predicted molar refractivity (Wildman–Crippen MR) is 82.9 cm³/mol. The van der Waals surface area contributed by atoms with Crippen LogP contribution in [-0.4, -0.2) is 13.1 Å². The number of hydrogen-bond acceptors (Lipinski definition) is 4. The van der Waals surface area contributed by atoms with E-state index in [-0.39, 0.29) is 0 Å². The van der Waals surface area contributed by atoms with Crippen LogP contribution in [0.1, 0.15) is 27.0 Å². The summed E-state index contributed by atoms with van der Waals surface area (Å²) in [7, 11) is 1.33. The van der Waals surface area contributed by atoms with Crippen LogP contribution in [0.25, 0.3) is 0 Å². The quantitative estimate of drug-likeness (QED) is 0.688. The van der Waals surface area contributed by atoms with Gasteiger partial charge in [-0.2, -0.15) is 0 Å². The van der Waals surface area contributed by atoms with Crippen molar-refractivity contribution in [3.8, 4) is 11.5 Å². The molecule has 0 heterocycles. The molecule has 0 radical (unpaired) electrons. The lowest BCUT2D eigenvalue weighted by molar-refractivity contribution is 0.0601. The van der Waals surface area contributed by atoms with Gasteiger partial charge in [0.05, 0.1) is 12.7 Å². The van der Waals surface area contributed by atoms with Gasteiger partial charge in [0, 0.05) is 5.69 Å². The minimum atomic E-state index is -0.470. The monoisotopic (exact) mass is 285 g/mol. The smallest absolute Gasteiger partial charge is 0.340 e. The molecule has 0 atom stereocenters.